The predicted molar refractivity (Wildman–Crippen MR) is 93.0 cm³/mol. The number of ether oxygens (including phenoxy) is 1. The first-order valence-corrected chi connectivity index (χ1v) is 8.73. The van der Waals surface area contributed by atoms with Crippen LogP contribution in [0, 0.1) is 0 Å². The maximum atomic E-state index is 6.16. The third kappa shape index (κ3) is 4.29. The van der Waals surface area contributed by atoms with Gasteiger partial charge in [-0.1, -0.05) is 32.0 Å². The quantitative estimate of drug-likeness (QED) is 0.685. The van der Waals surface area contributed by atoms with Gasteiger partial charge in [-0.15, -0.1) is 11.3 Å². The molecular formula is C18H27NOS. The molecule has 0 fully saturated rings. The van der Waals surface area contributed by atoms with E-state index in [1.165, 1.54) is 26.9 Å². The van der Waals surface area contributed by atoms with E-state index in [1.54, 1.807) is 0 Å². The largest absolute Gasteiger partial charge is 0.371 e. The second-order valence-electron chi connectivity index (χ2n) is 6.08. The van der Waals surface area contributed by atoms with Crippen LogP contribution in [0.3, 0.4) is 0 Å². The van der Waals surface area contributed by atoms with Crippen LogP contribution in [0.5, 0.6) is 0 Å². The van der Waals surface area contributed by atoms with Gasteiger partial charge in [-0.3, -0.25) is 0 Å². The van der Waals surface area contributed by atoms with E-state index in [9.17, 15) is 0 Å². The van der Waals surface area contributed by atoms with Gasteiger partial charge in [0.15, 0.2) is 0 Å². The summed E-state index contributed by atoms with van der Waals surface area (Å²) in [6, 6.07) is 8.65. The molecule has 0 bridgehead atoms. The monoisotopic (exact) mass is 305 g/mol. The summed E-state index contributed by atoms with van der Waals surface area (Å²) >= 11 is 1.89. The number of nitrogens with one attached hydrogen (secondary N) is 1. The average molecular weight is 305 g/mol. The first-order valence-electron chi connectivity index (χ1n) is 7.91. The Morgan fingerprint density at radius 3 is 2.67 bits per heavy atom. The second kappa shape index (κ2) is 7.39. The van der Waals surface area contributed by atoms with Gasteiger partial charge in [-0.2, -0.15) is 0 Å². The van der Waals surface area contributed by atoms with Gasteiger partial charge in [-0.25, -0.2) is 0 Å². The van der Waals surface area contributed by atoms with Crippen molar-refractivity contribution in [2.45, 2.75) is 59.3 Å². The normalized spacial score (nSPS) is 12.2. The molecule has 21 heavy (non-hydrogen) atoms. The highest BCUT2D eigenvalue weighted by Gasteiger charge is 2.18. The lowest BCUT2D eigenvalue weighted by Gasteiger charge is -2.23. The Bertz CT molecular complexity index is 574. The number of hydrogen-bond donors (Lipinski definition) is 1. The van der Waals surface area contributed by atoms with Gasteiger partial charge < -0.3 is 10.1 Å². The van der Waals surface area contributed by atoms with Crippen LogP contribution in [0.15, 0.2) is 24.3 Å². The standard InChI is InChI=1S/C18H27NOS/c1-5-11-19-12-17-15(13-20-18(3,4)6-2)14-9-7-8-10-16(14)21-17/h7-10,19H,5-6,11-13H2,1-4H3. The Morgan fingerprint density at radius 2 is 1.95 bits per heavy atom. The van der Waals surface area contributed by atoms with Crippen molar-refractivity contribution < 1.29 is 4.74 Å². The Labute approximate surface area is 132 Å². The molecular weight excluding hydrogens is 278 g/mol. The highest BCUT2D eigenvalue weighted by Crippen LogP contribution is 2.33. The molecule has 0 saturated carbocycles. The smallest absolute Gasteiger partial charge is 0.0741 e. The van der Waals surface area contributed by atoms with Crippen LogP contribution in [0.1, 0.15) is 51.0 Å². The number of hydrogen-bond acceptors (Lipinski definition) is 3. The van der Waals surface area contributed by atoms with Gasteiger partial charge in [0.05, 0.1) is 12.2 Å². The van der Waals surface area contributed by atoms with Crippen LogP contribution in [0.2, 0.25) is 0 Å². The van der Waals surface area contributed by atoms with Gasteiger partial charge in [0.1, 0.15) is 0 Å². The lowest BCUT2D eigenvalue weighted by molar-refractivity contribution is -0.0312. The van der Waals surface area contributed by atoms with Crippen LogP contribution in [0.4, 0.5) is 0 Å². The topological polar surface area (TPSA) is 21.3 Å². The fraction of sp³-hybridized carbons (Fsp3) is 0.556. The summed E-state index contributed by atoms with van der Waals surface area (Å²) in [5.74, 6) is 0. The van der Waals surface area contributed by atoms with E-state index in [0.29, 0.717) is 6.61 Å². The summed E-state index contributed by atoms with van der Waals surface area (Å²) in [4.78, 5) is 1.41. The minimum Gasteiger partial charge on any atom is -0.371 e. The van der Waals surface area contributed by atoms with E-state index in [2.05, 4.69) is 57.3 Å². The lowest BCUT2D eigenvalue weighted by Crippen LogP contribution is -2.23. The molecule has 0 radical (unpaired) electrons. The summed E-state index contributed by atoms with van der Waals surface area (Å²) in [6.45, 7) is 11.4. The predicted octanol–water partition coefficient (Wildman–Crippen LogP) is 5.11. The molecule has 0 aliphatic rings. The van der Waals surface area contributed by atoms with Crippen molar-refractivity contribution in [3.8, 4) is 0 Å². The minimum absolute atomic E-state index is 0.0584. The fourth-order valence-corrected chi connectivity index (χ4v) is 3.38. The van der Waals surface area contributed by atoms with Gasteiger partial charge in [-0.05, 0) is 44.7 Å². The zero-order valence-corrected chi connectivity index (χ0v) is 14.5. The number of thiophene rings is 1. The van der Waals surface area contributed by atoms with Crippen molar-refractivity contribution in [2.24, 2.45) is 0 Å². The molecule has 0 aliphatic carbocycles. The third-order valence-corrected chi connectivity index (χ3v) is 5.17. The van der Waals surface area contributed by atoms with E-state index >= 15 is 0 Å². The fourth-order valence-electron chi connectivity index (χ4n) is 2.20. The molecule has 0 saturated heterocycles. The summed E-state index contributed by atoms with van der Waals surface area (Å²) in [5, 5.41) is 4.87. The van der Waals surface area contributed by atoms with Gasteiger partial charge in [0, 0.05) is 21.7 Å². The highest BCUT2D eigenvalue weighted by atomic mass is 32.1. The summed E-state index contributed by atoms with van der Waals surface area (Å²) in [5.41, 5.74) is 1.30. The highest BCUT2D eigenvalue weighted by molar-refractivity contribution is 7.19. The van der Waals surface area contributed by atoms with Gasteiger partial charge in [0.2, 0.25) is 0 Å². The molecule has 1 aromatic heterocycles. The molecule has 2 nitrogen and oxygen atoms in total. The summed E-state index contributed by atoms with van der Waals surface area (Å²) < 4.78 is 7.52. The van der Waals surface area contributed by atoms with Crippen molar-refractivity contribution in [2.75, 3.05) is 6.54 Å². The Kier molecular flexibility index (Phi) is 5.80. The SMILES string of the molecule is CCCNCc1sc2ccccc2c1COC(C)(C)CC. The molecule has 1 N–H and O–H groups in total. The third-order valence-electron chi connectivity index (χ3n) is 3.95. The molecule has 116 valence electrons. The van der Waals surface area contributed by atoms with Crippen LogP contribution >= 0.6 is 11.3 Å². The zero-order valence-electron chi connectivity index (χ0n) is 13.7. The van der Waals surface area contributed by atoms with E-state index < -0.39 is 0 Å². The molecule has 0 amide bonds. The molecule has 0 unspecified atom stereocenters. The van der Waals surface area contributed by atoms with Crippen molar-refractivity contribution in [1.29, 1.82) is 0 Å². The van der Waals surface area contributed by atoms with Crippen molar-refractivity contribution in [3.63, 3.8) is 0 Å². The van der Waals surface area contributed by atoms with Crippen LogP contribution in [-0.4, -0.2) is 12.1 Å². The second-order valence-corrected chi connectivity index (χ2v) is 7.22. The first kappa shape index (κ1) is 16.5. The number of benzene rings is 1. The van der Waals surface area contributed by atoms with E-state index in [1.807, 2.05) is 11.3 Å². The Morgan fingerprint density at radius 1 is 1.19 bits per heavy atom. The minimum atomic E-state index is -0.0584. The van der Waals surface area contributed by atoms with E-state index in [-0.39, 0.29) is 5.60 Å². The zero-order chi connectivity index (χ0) is 15.3. The molecule has 3 heteroatoms. The Balaban J connectivity index is 2.23. The van der Waals surface area contributed by atoms with E-state index in [0.717, 1.165) is 19.5 Å². The first-order chi connectivity index (χ1) is 10.1. The molecule has 0 aliphatic heterocycles. The van der Waals surface area contributed by atoms with Crippen LogP contribution in [-0.2, 0) is 17.9 Å². The van der Waals surface area contributed by atoms with Crippen molar-refractivity contribution in [3.05, 3.63) is 34.7 Å². The molecule has 0 atom stereocenters. The molecule has 2 rings (SSSR count). The van der Waals surface area contributed by atoms with Crippen molar-refractivity contribution >= 4 is 21.4 Å². The lowest BCUT2D eigenvalue weighted by atomic mass is 10.1. The number of rotatable bonds is 8. The maximum absolute atomic E-state index is 6.16. The summed E-state index contributed by atoms with van der Waals surface area (Å²) in [7, 11) is 0. The molecule has 1 aromatic carbocycles. The van der Waals surface area contributed by atoms with E-state index in [4.69, 9.17) is 4.74 Å². The molecule has 1 heterocycles. The van der Waals surface area contributed by atoms with Gasteiger partial charge >= 0.3 is 0 Å². The van der Waals surface area contributed by atoms with Crippen LogP contribution in [0.25, 0.3) is 10.1 Å². The Hall–Kier alpha value is -0.900. The van der Waals surface area contributed by atoms with Gasteiger partial charge in [0.25, 0.3) is 0 Å². The maximum Gasteiger partial charge on any atom is 0.0741 e. The molecule has 2 aromatic rings. The van der Waals surface area contributed by atoms with Crippen LogP contribution < -0.4 is 5.32 Å². The molecule has 0 spiro atoms. The summed E-state index contributed by atoms with van der Waals surface area (Å²) in [6.07, 6.45) is 2.19. The number of fused-ring (bicyclic) bond motifs is 1. The van der Waals surface area contributed by atoms with Crippen molar-refractivity contribution in [1.82, 2.24) is 5.32 Å². The average Bonchev–Trinajstić information content (AvgIpc) is 2.83.